The molecule has 0 saturated carbocycles. The molecule has 104 valence electrons. The van der Waals surface area contributed by atoms with E-state index in [1.54, 1.807) is 7.11 Å². The van der Waals surface area contributed by atoms with Gasteiger partial charge in [-0.1, -0.05) is 23.8 Å². The van der Waals surface area contributed by atoms with E-state index in [-0.39, 0.29) is 0 Å². The molecule has 0 aliphatic heterocycles. The zero-order chi connectivity index (χ0) is 14.8. The van der Waals surface area contributed by atoms with Crippen molar-refractivity contribution in [2.75, 3.05) is 7.11 Å². The van der Waals surface area contributed by atoms with Gasteiger partial charge in [0.25, 0.3) is 0 Å². The van der Waals surface area contributed by atoms with Crippen LogP contribution in [-0.2, 0) is 6.42 Å². The molecule has 1 N–H and O–H groups in total. The summed E-state index contributed by atoms with van der Waals surface area (Å²) in [5.41, 5.74) is 5.33. The van der Waals surface area contributed by atoms with Crippen LogP contribution in [0.2, 0.25) is 0 Å². The molecule has 1 aromatic heterocycles. The van der Waals surface area contributed by atoms with E-state index in [0.29, 0.717) is 6.42 Å². The summed E-state index contributed by atoms with van der Waals surface area (Å²) in [6, 6.07) is 16.4. The van der Waals surface area contributed by atoms with Gasteiger partial charge in [0.1, 0.15) is 5.75 Å². The minimum absolute atomic E-state index is 0.385. The summed E-state index contributed by atoms with van der Waals surface area (Å²) < 4.78 is 5.29. The third kappa shape index (κ3) is 2.36. The van der Waals surface area contributed by atoms with Crippen LogP contribution in [0.3, 0.4) is 0 Å². The number of aryl methyl sites for hydroxylation is 1. The first-order valence-electron chi connectivity index (χ1n) is 6.85. The van der Waals surface area contributed by atoms with Crippen molar-refractivity contribution in [2.45, 2.75) is 13.3 Å². The first kappa shape index (κ1) is 13.3. The molecule has 0 spiro atoms. The number of hydrogen-bond donors (Lipinski definition) is 1. The summed E-state index contributed by atoms with van der Waals surface area (Å²) in [5.74, 6) is 0.810. The zero-order valence-electron chi connectivity index (χ0n) is 12.1. The molecule has 0 aliphatic rings. The predicted molar refractivity (Wildman–Crippen MR) is 84.3 cm³/mol. The molecule has 21 heavy (non-hydrogen) atoms. The smallest absolute Gasteiger partial charge is 0.119 e. The van der Waals surface area contributed by atoms with Gasteiger partial charge in [0.15, 0.2) is 0 Å². The maximum Gasteiger partial charge on any atom is 0.119 e. The highest BCUT2D eigenvalue weighted by Gasteiger charge is 2.13. The lowest BCUT2D eigenvalue weighted by molar-refractivity contribution is 0.415. The lowest BCUT2D eigenvalue weighted by Crippen LogP contribution is -1.88. The highest BCUT2D eigenvalue weighted by atomic mass is 16.5. The molecule has 1 heterocycles. The molecule has 0 amide bonds. The molecule has 0 bridgehead atoms. The SMILES string of the molecule is COc1cccc(-c2[nH]c3ccc(C)cc3c2CC#N)c1. The molecule has 2 aromatic carbocycles. The van der Waals surface area contributed by atoms with Gasteiger partial charge in [0.2, 0.25) is 0 Å². The number of rotatable bonds is 3. The van der Waals surface area contributed by atoms with Gasteiger partial charge >= 0.3 is 0 Å². The second-order valence-corrected chi connectivity index (χ2v) is 5.09. The van der Waals surface area contributed by atoms with Crippen LogP contribution in [0.4, 0.5) is 0 Å². The Morgan fingerprint density at radius 3 is 2.81 bits per heavy atom. The average molecular weight is 276 g/mol. The number of benzene rings is 2. The summed E-state index contributed by atoms with van der Waals surface area (Å²) >= 11 is 0. The standard InChI is InChI=1S/C18H16N2O/c1-12-6-7-17-16(10-12)15(8-9-19)18(20-17)13-4-3-5-14(11-13)21-2/h3-7,10-11,20H,8H2,1-2H3. The Kier molecular flexibility index (Phi) is 3.37. The van der Waals surface area contributed by atoms with Gasteiger partial charge in [-0.3, -0.25) is 0 Å². The predicted octanol–water partition coefficient (Wildman–Crippen LogP) is 4.22. The van der Waals surface area contributed by atoms with Crippen LogP contribution in [0.15, 0.2) is 42.5 Å². The van der Waals surface area contributed by atoms with Gasteiger partial charge in [-0.05, 0) is 36.8 Å². The van der Waals surface area contributed by atoms with Gasteiger partial charge in [0.05, 0.1) is 25.3 Å². The topological polar surface area (TPSA) is 48.8 Å². The molecule has 0 atom stereocenters. The first-order chi connectivity index (χ1) is 10.2. The van der Waals surface area contributed by atoms with Crippen molar-refractivity contribution in [1.29, 1.82) is 5.26 Å². The number of fused-ring (bicyclic) bond motifs is 1. The van der Waals surface area contributed by atoms with Crippen LogP contribution in [0.1, 0.15) is 11.1 Å². The van der Waals surface area contributed by atoms with E-state index in [1.165, 1.54) is 5.56 Å². The van der Waals surface area contributed by atoms with Crippen LogP contribution in [-0.4, -0.2) is 12.1 Å². The Balaban J connectivity index is 2.26. The van der Waals surface area contributed by atoms with Crippen molar-refractivity contribution >= 4 is 10.9 Å². The molecule has 0 unspecified atom stereocenters. The van der Waals surface area contributed by atoms with Crippen molar-refractivity contribution in [2.24, 2.45) is 0 Å². The van der Waals surface area contributed by atoms with Crippen LogP contribution in [0.5, 0.6) is 5.75 Å². The van der Waals surface area contributed by atoms with Crippen LogP contribution < -0.4 is 4.74 Å². The van der Waals surface area contributed by atoms with E-state index in [9.17, 15) is 0 Å². The van der Waals surface area contributed by atoms with Crippen LogP contribution >= 0.6 is 0 Å². The molecule has 3 rings (SSSR count). The van der Waals surface area contributed by atoms with Gasteiger partial charge in [-0.2, -0.15) is 5.26 Å². The summed E-state index contributed by atoms with van der Waals surface area (Å²) in [7, 11) is 1.66. The van der Waals surface area contributed by atoms with Gasteiger partial charge < -0.3 is 9.72 Å². The fourth-order valence-corrected chi connectivity index (χ4v) is 2.65. The number of H-pyrrole nitrogens is 1. The number of nitrogens with zero attached hydrogens (tertiary/aromatic N) is 1. The van der Waals surface area contributed by atoms with E-state index >= 15 is 0 Å². The van der Waals surface area contributed by atoms with Crippen LogP contribution in [0, 0.1) is 18.3 Å². The molecule has 3 aromatic rings. The second kappa shape index (κ2) is 5.34. The van der Waals surface area contributed by atoms with Crippen LogP contribution in [0.25, 0.3) is 22.2 Å². The number of nitriles is 1. The molecule has 0 aliphatic carbocycles. The number of nitrogens with one attached hydrogen (secondary N) is 1. The summed E-state index contributed by atoms with van der Waals surface area (Å²) in [6.45, 7) is 2.06. The Hall–Kier alpha value is -2.73. The molecule has 0 radical (unpaired) electrons. The number of methoxy groups -OCH3 is 1. The Labute approximate surface area is 123 Å². The number of aromatic amines is 1. The minimum atomic E-state index is 0.385. The monoisotopic (exact) mass is 276 g/mol. The van der Waals surface area contributed by atoms with Crippen molar-refractivity contribution in [3.8, 4) is 23.1 Å². The first-order valence-corrected chi connectivity index (χ1v) is 6.85. The third-order valence-electron chi connectivity index (χ3n) is 3.68. The number of hydrogen-bond acceptors (Lipinski definition) is 2. The minimum Gasteiger partial charge on any atom is -0.497 e. The van der Waals surface area contributed by atoms with Gasteiger partial charge in [0, 0.05) is 16.5 Å². The largest absolute Gasteiger partial charge is 0.497 e. The van der Waals surface area contributed by atoms with Gasteiger partial charge in [-0.15, -0.1) is 0 Å². The molecule has 3 nitrogen and oxygen atoms in total. The van der Waals surface area contributed by atoms with Crippen molar-refractivity contribution in [1.82, 2.24) is 4.98 Å². The van der Waals surface area contributed by atoms with E-state index in [0.717, 1.165) is 33.5 Å². The molecular weight excluding hydrogens is 260 g/mol. The highest BCUT2D eigenvalue weighted by molar-refractivity contribution is 5.91. The fourth-order valence-electron chi connectivity index (χ4n) is 2.65. The number of ether oxygens (including phenoxy) is 1. The molecule has 0 fully saturated rings. The third-order valence-corrected chi connectivity index (χ3v) is 3.68. The van der Waals surface area contributed by atoms with Crippen molar-refractivity contribution in [3.63, 3.8) is 0 Å². The van der Waals surface area contributed by atoms with Gasteiger partial charge in [-0.25, -0.2) is 0 Å². The zero-order valence-corrected chi connectivity index (χ0v) is 12.1. The van der Waals surface area contributed by atoms with E-state index < -0.39 is 0 Å². The normalized spacial score (nSPS) is 10.5. The highest BCUT2D eigenvalue weighted by Crippen LogP contribution is 2.32. The average Bonchev–Trinajstić information content (AvgIpc) is 2.86. The molecular formula is C18H16N2O. The Bertz CT molecular complexity index is 840. The maximum absolute atomic E-state index is 9.15. The summed E-state index contributed by atoms with van der Waals surface area (Å²) in [4.78, 5) is 3.44. The number of aromatic nitrogens is 1. The van der Waals surface area contributed by atoms with E-state index in [2.05, 4.69) is 36.2 Å². The summed E-state index contributed by atoms with van der Waals surface area (Å²) in [6.07, 6.45) is 0.385. The molecule has 3 heteroatoms. The summed E-state index contributed by atoms with van der Waals surface area (Å²) in [5, 5.41) is 10.3. The lowest BCUT2D eigenvalue weighted by atomic mass is 10.0. The Morgan fingerprint density at radius 1 is 1.19 bits per heavy atom. The lowest BCUT2D eigenvalue weighted by Gasteiger charge is -2.05. The molecule has 0 saturated heterocycles. The van der Waals surface area contributed by atoms with Crippen molar-refractivity contribution < 1.29 is 4.74 Å². The van der Waals surface area contributed by atoms with E-state index in [1.807, 2.05) is 24.3 Å². The van der Waals surface area contributed by atoms with Crippen molar-refractivity contribution in [3.05, 3.63) is 53.6 Å². The second-order valence-electron chi connectivity index (χ2n) is 5.09. The quantitative estimate of drug-likeness (QED) is 0.778. The Morgan fingerprint density at radius 2 is 2.05 bits per heavy atom. The van der Waals surface area contributed by atoms with E-state index in [4.69, 9.17) is 10.00 Å². The maximum atomic E-state index is 9.15. The fraction of sp³-hybridized carbons (Fsp3) is 0.167.